The lowest BCUT2D eigenvalue weighted by Crippen LogP contribution is -2.31. The lowest BCUT2D eigenvalue weighted by Gasteiger charge is -2.20. The first-order chi connectivity index (χ1) is 11.5. The van der Waals surface area contributed by atoms with Gasteiger partial charge in [0.1, 0.15) is 11.0 Å². The highest BCUT2D eigenvalue weighted by Gasteiger charge is 2.34. The van der Waals surface area contributed by atoms with E-state index < -0.39 is 10.0 Å². The van der Waals surface area contributed by atoms with Crippen molar-refractivity contribution in [3.8, 4) is 5.75 Å². The van der Waals surface area contributed by atoms with E-state index in [1.807, 2.05) is 25.1 Å². The van der Waals surface area contributed by atoms with Gasteiger partial charge in [-0.15, -0.1) is 0 Å². The molecule has 1 aliphatic rings. The summed E-state index contributed by atoms with van der Waals surface area (Å²) in [5, 5.41) is 0. The lowest BCUT2D eigenvalue weighted by atomic mass is 10.3. The number of hydrogen-bond acceptors (Lipinski definition) is 6. The predicted molar refractivity (Wildman–Crippen MR) is 90.6 cm³/mol. The zero-order valence-electron chi connectivity index (χ0n) is 13.7. The molecule has 7 nitrogen and oxygen atoms in total. The van der Waals surface area contributed by atoms with E-state index in [4.69, 9.17) is 4.74 Å². The summed E-state index contributed by atoms with van der Waals surface area (Å²) in [6.07, 6.45) is 5.07. The molecule has 24 heavy (non-hydrogen) atoms. The molecule has 1 saturated heterocycles. The molecule has 0 N–H and O–H groups in total. The highest BCUT2D eigenvalue weighted by atomic mass is 32.2. The van der Waals surface area contributed by atoms with Crippen LogP contribution in [0.15, 0.2) is 47.8 Å². The maximum atomic E-state index is 12.6. The van der Waals surface area contributed by atoms with Crippen LogP contribution in [0, 0.1) is 0 Å². The standard InChI is InChI=1S/C16H20N4O3S/c1-19(2)16-15(6-4-9-18-16)23-13-7-10-20(12-13)24(21,22)14-5-3-8-17-11-14/h3-6,8-9,11,13H,7,10,12H2,1-2H3. The van der Waals surface area contributed by atoms with Crippen molar-refractivity contribution in [3.63, 3.8) is 0 Å². The highest BCUT2D eigenvalue weighted by Crippen LogP contribution is 2.28. The van der Waals surface area contributed by atoms with Crippen LogP contribution in [0.2, 0.25) is 0 Å². The van der Waals surface area contributed by atoms with Crippen LogP contribution in [0.1, 0.15) is 6.42 Å². The van der Waals surface area contributed by atoms with Gasteiger partial charge in [0.2, 0.25) is 10.0 Å². The Morgan fingerprint density at radius 3 is 2.75 bits per heavy atom. The Balaban J connectivity index is 1.73. The summed E-state index contributed by atoms with van der Waals surface area (Å²) < 4.78 is 32.7. The fourth-order valence-electron chi connectivity index (χ4n) is 2.65. The molecule has 0 bridgehead atoms. The third-order valence-corrected chi connectivity index (χ3v) is 5.70. The van der Waals surface area contributed by atoms with E-state index in [2.05, 4.69) is 9.97 Å². The SMILES string of the molecule is CN(C)c1ncccc1OC1CCN(S(=O)(=O)c2cccnc2)C1. The van der Waals surface area contributed by atoms with Crippen molar-refractivity contribution in [1.82, 2.24) is 14.3 Å². The van der Waals surface area contributed by atoms with Gasteiger partial charge in [-0.05, 0) is 30.7 Å². The monoisotopic (exact) mass is 348 g/mol. The first-order valence-corrected chi connectivity index (χ1v) is 9.11. The van der Waals surface area contributed by atoms with Crippen LogP contribution >= 0.6 is 0 Å². The molecule has 0 saturated carbocycles. The highest BCUT2D eigenvalue weighted by molar-refractivity contribution is 7.89. The maximum absolute atomic E-state index is 12.6. The molecule has 0 aliphatic carbocycles. The largest absolute Gasteiger partial charge is 0.485 e. The Kier molecular flexibility index (Phi) is 4.68. The second kappa shape index (κ2) is 6.74. The second-order valence-electron chi connectivity index (χ2n) is 5.80. The molecule has 2 aromatic heterocycles. The molecule has 1 fully saturated rings. The van der Waals surface area contributed by atoms with Crippen LogP contribution in [-0.4, -0.2) is 56.0 Å². The zero-order valence-corrected chi connectivity index (χ0v) is 14.5. The van der Waals surface area contributed by atoms with E-state index >= 15 is 0 Å². The zero-order chi connectivity index (χ0) is 17.2. The minimum Gasteiger partial charge on any atom is -0.485 e. The molecule has 3 heterocycles. The van der Waals surface area contributed by atoms with E-state index in [1.165, 1.54) is 10.5 Å². The fraction of sp³-hybridized carbons (Fsp3) is 0.375. The van der Waals surface area contributed by atoms with E-state index in [1.54, 1.807) is 30.6 Å². The van der Waals surface area contributed by atoms with Gasteiger partial charge < -0.3 is 9.64 Å². The summed E-state index contributed by atoms with van der Waals surface area (Å²) in [6, 6.07) is 6.83. The Morgan fingerprint density at radius 2 is 2.04 bits per heavy atom. The van der Waals surface area contributed by atoms with Crippen LogP contribution in [0.25, 0.3) is 0 Å². The number of hydrogen-bond donors (Lipinski definition) is 0. The number of ether oxygens (including phenoxy) is 1. The lowest BCUT2D eigenvalue weighted by molar-refractivity contribution is 0.215. The normalized spacial score (nSPS) is 18.5. The van der Waals surface area contributed by atoms with Gasteiger partial charge in [0.25, 0.3) is 0 Å². The van der Waals surface area contributed by atoms with Gasteiger partial charge in [-0.3, -0.25) is 4.98 Å². The van der Waals surface area contributed by atoms with Crippen LogP contribution in [0.3, 0.4) is 0 Å². The van der Waals surface area contributed by atoms with E-state index in [9.17, 15) is 8.42 Å². The average molecular weight is 348 g/mol. The van der Waals surface area contributed by atoms with Gasteiger partial charge in [-0.2, -0.15) is 4.31 Å². The first-order valence-electron chi connectivity index (χ1n) is 7.67. The van der Waals surface area contributed by atoms with Gasteiger partial charge in [0.15, 0.2) is 11.6 Å². The summed E-state index contributed by atoms with van der Waals surface area (Å²) in [6.45, 7) is 0.748. The maximum Gasteiger partial charge on any atom is 0.244 e. The average Bonchev–Trinajstić information content (AvgIpc) is 3.05. The van der Waals surface area contributed by atoms with E-state index in [0.29, 0.717) is 25.3 Å². The summed E-state index contributed by atoms with van der Waals surface area (Å²) in [5.74, 6) is 1.39. The fourth-order valence-corrected chi connectivity index (χ4v) is 4.10. The molecule has 8 heteroatoms. The summed E-state index contributed by atoms with van der Waals surface area (Å²) in [7, 11) is 0.258. The Hall–Kier alpha value is -2.19. The Bertz CT molecular complexity index is 796. The van der Waals surface area contributed by atoms with Crippen LogP contribution < -0.4 is 9.64 Å². The molecule has 1 unspecified atom stereocenters. The quantitative estimate of drug-likeness (QED) is 0.813. The van der Waals surface area contributed by atoms with Gasteiger partial charge in [-0.25, -0.2) is 13.4 Å². The molecule has 0 radical (unpaired) electrons. The molecule has 128 valence electrons. The third kappa shape index (κ3) is 3.34. The molecule has 0 spiro atoms. The molecule has 2 aromatic rings. The second-order valence-corrected chi connectivity index (χ2v) is 7.74. The van der Waals surface area contributed by atoms with Gasteiger partial charge in [0.05, 0.1) is 6.54 Å². The third-order valence-electron chi connectivity index (χ3n) is 3.85. The minimum atomic E-state index is -3.53. The van der Waals surface area contributed by atoms with E-state index in [0.717, 1.165) is 5.82 Å². The van der Waals surface area contributed by atoms with Gasteiger partial charge in [0, 0.05) is 39.2 Å². The molecule has 3 rings (SSSR count). The van der Waals surface area contributed by atoms with Crippen molar-refractivity contribution < 1.29 is 13.2 Å². The number of sulfonamides is 1. The predicted octanol–water partition coefficient (Wildman–Crippen LogP) is 1.38. The molecule has 0 aromatic carbocycles. The number of anilines is 1. The van der Waals surface area contributed by atoms with Crippen LogP contribution in [-0.2, 0) is 10.0 Å². The smallest absolute Gasteiger partial charge is 0.244 e. The Morgan fingerprint density at radius 1 is 1.25 bits per heavy atom. The molecule has 1 atom stereocenters. The van der Waals surface area contributed by atoms with Gasteiger partial charge in [-0.1, -0.05) is 0 Å². The number of nitrogens with zero attached hydrogens (tertiary/aromatic N) is 4. The van der Waals surface area contributed by atoms with Crippen LogP contribution in [0.4, 0.5) is 5.82 Å². The molecule has 0 amide bonds. The van der Waals surface area contributed by atoms with Crippen molar-refractivity contribution in [1.29, 1.82) is 0 Å². The molecule has 1 aliphatic heterocycles. The molecular weight excluding hydrogens is 328 g/mol. The van der Waals surface area contributed by atoms with Crippen molar-refractivity contribution >= 4 is 15.8 Å². The van der Waals surface area contributed by atoms with Crippen molar-refractivity contribution in [2.75, 3.05) is 32.1 Å². The van der Waals surface area contributed by atoms with Crippen molar-refractivity contribution in [2.24, 2.45) is 0 Å². The Labute approximate surface area is 142 Å². The molecular formula is C16H20N4O3S. The summed E-state index contributed by atoms with van der Waals surface area (Å²) in [4.78, 5) is 10.3. The number of rotatable bonds is 5. The number of pyridine rings is 2. The van der Waals surface area contributed by atoms with Crippen molar-refractivity contribution in [3.05, 3.63) is 42.9 Å². The topological polar surface area (TPSA) is 75.6 Å². The van der Waals surface area contributed by atoms with Gasteiger partial charge >= 0.3 is 0 Å². The number of aromatic nitrogens is 2. The summed E-state index contributed by atoms with van der Waals surface area (Å²) in [5.41, 5.74) is 0. The minimum absolute atomic E-state index is 0.195. The van der Waals surface area contributed by atoms with E-state index in [-0.39, 0.29) is 11.0 Å². The first kappa shape index (κ1) is 16.7. The summed E-state index contributed by atoms with van der Waals surface area (Å²) >= 11 is 0. The van der Waals surface area contributed by atoms with Crippen molar-refractivity contribution in [2.45, 2.75) is 17.4 Å². The van der Waals surface area contributed by atoms with Crippen LogP contribution in [0.5, 0.6) is 5.75 Å².